The summed E-state index contributed by atoms with van der Waals surface area (Å²) in [6, 6.07) is 11.2. The van der Waals surface area contributed by atoms with E-state index in [0.717, 1.165) is 35.0 Å². The standard InChI is InChI=1S/C25H34N4O7S/c1-5-7-15-26-25(31)23(6-2)27(17-19-11-13-22(36-3)14-12-19)24(30)18-28(37(4,34)35)20-9-8-10-21(16-20)29(32)33/h8-14,16,23H,5-7,15,17-18H2,1-4H3,(H,26,31)/t23-/m1/s1. The Morgan fingerprint density at radius 1 is 1.14 bits per heavy atom. The number of hydrogen-bond donors (Lipinski definition) is 1. The lowest BCUT2D eigenvalue weighted by Gasteiger charge is -2.32. The highest BCUT2D eigenvalue weighted by atomic mass is 32.2. The van der Waals surface area contributed by atoms with Crippen molar-refractivity contribution in [1.29, 1.82) is 0 Å². The van der Waals surface area contributed by atoms with Crippen molar-refractivity contribution in [3.63, 3.8) is 0 Å². The fourth-order valence-electron chi connectivity index (χ4n) is 3.73. The number of nitro benzene ring substituents is 1. The van der Waals surface area contributed by atoms with Gasteiger partial charge in [0.15, 0.2) is 0 Å². The number of amides is 2. The average Bonchev–Trinajstić information content (AvgIpc) is 2.86. The second kappa shape index (κ2) is 13.6. The minimum Gasteiger partial charge on any atom is -0.497 e. The SMILES string of the molecule is CCCCNC(=O)[C@@H](CC)N(Cc1ccc(OC)cc1)C(=O)CN(c1cccc([N+](=O)[O-])c1)S(C)(=O)=O. The van der Waals surface area contributed by atoms with Gasteiger partial charge in [0.25, 0.3) is 5.69 Å². The van der Waals surface area contributed by atoms with Crippen molar-refractivity contribution in [1.82, 2.24) is 10.2 Å². The summed E-state index contributed by atoms with van der Waals surface area (Å²) in [4.78, 5) is 38.6. The summed E-state index contributed by atoms with van der Waals surface area (Å²) in [5.74, 6) is -0.329. The van der Waals surface area contributed by atoms with E-state index in [1.807, 2.05) is 6.92 Å². The number of rotatable bonds is 14. The van der Waals surface area contributed by atoms with Crippen LogP contribution >= 0.6 is 0 Å². The van der Waals surface area contributed by atoms with Gasteiger partial charge >= 0.3 is 0 Å². The Kier molecular flexibility index (Phi) is 10.9. The van der Waals surface area contributed by atoms with E-state index >= 15 is 0 Å². The van der Waals surface area contributed by atoms with Gasteiger partial charge in [0.1, 0.15) is 18.3 Å². The Morgan fingerprint density at radius 3 is 2.35 bits per heavy atom. The van der Waals surface area contributed by atoms with Crippen molar-refractivity contribution in [2.75, 3.05) is 30.8 Å². The molecule has 0 aliphatic carbocycles. The molecular weight excluding hydrogens is 500 g/mol. The predicted octanol–water partition coefficient (Wildman–Crippen LogP) is 3.09. The number of hydrogen-bond acceptors (Lipinski definition) is 7. The summed E-state index contributed by atoms with van der Waals surface area (Å²) in [6.07, 6.45) is 2.89. The molecule has 0 saturated carbocycles. The number of nitrogens with zero attached hydrogens (tertiary/aromatic N) is 3. The van der Waals surface area contributed by atoms with E-state index in [9.17, 15) is 28.1 Å². The average molecular weight is 535 g/mol. The van der Waals surface area contributed by atoms with E-state index in [0.29, 0.717) is 18.7 Å². The Bertz CT molecular complexity index is 1190. The van der Waals surface area contributed by atoms with Crippen LogP contribution in [0.15, 0.2) is 48.5 Å². The van der Waals surface area contributed by atoms with Crippen LogP contribution in [0, 0.1) is 10.1 Å². The summed E-state index contributed by atoms with van der Waals surface area (Å²) in [7, 11) is -2.46. The normalized spacial score (nSPS) is 11.9. The predicted molar refractivity (Wildman–Crippen MR) is 141 cm³/mol. The largest absolute Gasteiger partial charge is 0.497 e. The molecule has 0 unspecified atom stereocenters. The summed E-state index contributed by atoms with van der Waals surface area (Å²) in [5.41, 5.74) is 0.389. The van der Waals surface area contributed by atoms with Gasteiger partial charge in [-0.15, -0.1) is 0 Å². The first-order chi connectivity index (χ1) is 17.5. The first-order valence-electron chi connectivity index (χ1n) is 11.9. The fourth-order valence-corrected chi connectivity index (χ4v) is 4.57. The molecule has 1 atom stereocenters. The third-order valence-corrected chi connectivity index (χ3v) is 6.88. The zero-order valence-corrected chi connectivity index (χ0v) is 22.4. The number of sulfonamides is 1. The number of methoxy groups -OCH3 is 1. The molecule has 11 nitrogen and oxygen atoms in total. The molecule has 2 rings (SSSR count). The van der Waals surface area contributed by atoms with Gasteiger partial charge < -0.3 is 15.0 Å². The van der Waals surface area contributed by atoms with Crippen LogP contribution in [-0.4, -0.2) is 62.6 Å². The molecule has 0 aliphatic heterocycles. The maximum absolute atomic E-state index is 13.6. The smallest absolute Gasteiger partial charge is 0.271 e. The monoisotopic (exact) mass is 534 g/mol. The number of carbonyl (C=O) groups excluding carboxylic acids is 2. The van der Waals surface area contributed by atoms with Gasteiger partial charge in [-0.05, 0) is 36.6 Å². The zero-order chi connectivity index (χ0) is 27.6. The summed E-state index contributed by atoms with van der Waals surface area (Å²) in [5, 5.41) is 14.1. The molecule has 0 radical (unpaired) electrons. The maximum atomic E-state index is 13.6. The van der Waals surface area contributed by atoms with Crippen LogP contribution in [0.1, 0.15) is 38.7 Å². The van der Waals surface area contributed by atoms with Crippen LogP contribution in [-0.2, 0) is 26.2 Å². The first kappa shape index (κ1) is 29.6. The van der Waals surface area contributed by atoms with Crippen molar-refractivity contribution >= 4 is 33.2 Å². The second-order valence-electron chi connectivity index (χ2n) is 8.48. The van der Waals surface area contributed by atoms with E-state index in [1.54, 1.807) is 31.2 Å². The van der Waals surface area contributed by atoms with Gasteiger partial charge in [-0.3, -0.25) is 24.0 Å². The molecule has 0 aromatic heterocycles. The molecule has 202 valence electrons. The van der Waals surface area contributed by atoms with Crippen LogP contribution in [0.5, 0.6) is 5.75 Å². The Labute approximate surface area is 217 Å². The number of benzene rings is 2. The van der Waals surface area contributed by atoms with Crippen molar-refractivity contribution in [3.05, 3.63) is 64.2 Å². The number of non-ortho nitro benzene ring substituents is 1. The molecule has 0 bridgehead atoms. The Hall–Kier alpha value is -3.67. The lowest BCUT2D eigenvalue weighted by atomic mass is 10.1. The highest BCUT2D eigenvalue weighted by molar-refractivity contribution is 7.92. The molecule has 0 aliphatic rings. The van der Waals surface area contributed by atoms with E-state index in [1.165, 1.54) is 30.2 Å². The van der Waals surface area contributed by atoms with E-state index in [-0.39, 0.29) is 23.8 Å². The van der Waals surface area contributed by atoms with Crippen molar-refractivity contribution in [3.8, 4) is 5.75 Å². The van der Waals surface area contributed by atoms with E-state index in [4.69, 9.17) is 4.74 Å². The number of nitrogens with one attached hydrogen (secondary N) is 1. The van der Waals surface area contributed by atoms with Gasteiger partial charge in [0.2, 0.25) is 21.8 Å². The van der Waals surface area contributed by atoms with Gasteiger partial charge in [0.05, 0.1) is 24.0 Å². The van der Waals surface area contributed by atoms with Crippen LogP contribution in [0.2, 0.25) is 0 Å². The number of anilines is 1. The first-order valence-corrected chi connectivity index (χ1v) is 13.8. The topological polar surface area (TPSA) is 139 Å². The number of carbonyl (C=O) groups is 2. The quantitative estimate of drug-likeness (QED) is 0.223. The summed E-state index contributed by atoms with van der Waals surface area (Å²) >= 11 is 0. The third kappa shape index (κ3) is 8.45. The highest BCUT2D eigenvalue weighted by Crippen LogP contribution is 2.24. The third-order valence-electron chi connectivity index (χ3n) is 5.74. The lowest BCUT2D eigenvalue weighted by Crippen LogP contribution is -2.52. The molecule has 0 fully saturated rings. The van der Waals surface area contributed by atoms with Gasteiger partial charge in [-0.1, -0.05) is 38.5 Å². The molecule has 0 saturated heterocycles. The highest BCUT2D eigenvalue weighted by Gasteiger charge is 2.32. The number of nitro groups is 1. The summed E-state index contributed by atoms with van der Waals surface area (Å²) in [6.45, 7) is 3.65. The fraction of sp³-hybridized carbons (Fsp3) is 0.440. The van der Waals surface area contributed by atoms with Crippen molar-refractivity contribution in [2.45, 2.75) is 45.7 Å². The Balaban J connectivity index is 2.43. The molecule has 37 heavy (non-hydrogen) atoms. The minimum absolute atomic E-state index is 0.0186. The van der Waals surface area contributed by atoms with Crippen molar-refractivity contribution in [2.24, 2.45) is 0 Å². The molecule has 0 spiro atoms. The van der Waals surface area contributed by atoms with Crippen molar-refractivity contribution < 1.29 is 27.7 Å². The molecule has 0 heterocycles. The van der Waals surface area contributed by atoms with E-state index in [2.05, 4.69) is 5.32 Å². The lowest BCUT2D eigenvalue weighted by molar-refractivity contribution is -0.384. The molecule has 2 aromatic carbocycles. The van der Waals surface area contributed by atoms with Gasteiger partial charge in [0, 0.05) is 25.2 Å². The van der Waals surface area contributed by atoms with Gasteiger partial charge in [-0.2, -0.15) is 0 Å². The van der Waals surface area contributed by atoms with Crippen LogP contribution in [0.3, 0.4) is 0 Å². The molecule has 12 heteroatoms. The zero-order valence-electron chi connectivity index (χ0n) is 21.5. The minimum atomic E-state index is -3.99. The molecule has 2 amide bonds. The Morgan fingerprint density at radius 2 is 1.81 bits per heavy atom. The van der Waals surface area contributed by atoms with Crippen LogP contribution in [0.4, 0.5) is 11.4 Å². The second-order valence-corrected chi connectivity index (χ2v) is 10.4. The van der Waals surface area contributed by atoms with Crippen LogP contribution in [0.25, 0.3) is 0 Å². The number of ether oxygens (including phenoxy) is 1. The maximum Gasteiger partial charge on any atom is 0.271 e. The molecule has 1 N–H and O–H groups in total. The molecular formula is C25H34N4O7S. The van der Waals surface area contributed by atoms with Crippen LogP contribution < -0.4 is 14.4 Å². The van der Waals surface area contributed by atoms with E-state index < -0.39 is 33.4 Å². The summed E-state index contributed by atoms with van der Waals surface area (Å²) < 4.78 is 31.3. The molecule has 2 aromatic rings. The van der Waals surface area contributed by atoms with Gasteiger partial charge in [-0.25, -0.2) is 8.42 Å². The number of unbranched alkanes of at least 4 members (excludes halogenated alkanes) is 1.